The van der Waals surface area contributed by atoms with Crippen molar-refractivity contribution >= 4 is 0 Å². The monoisotopic (exact) mass is 216 g/mol. The van der Waals surface area contributed by atoms with Gasteiger partial charge in [-0.3, -0.25) is 4.68 Å². The first-order valence-corrected chi connectivity index (χ1v) is 5.50. The summed E-state index contributed by atoms with van der Waals surface area (Å²) < 4.78 is 7.66. The quantitative estimate of drug-likeness (QED) is 0.785. The van der Waals surface area contributed by atoms with Crippen molar-refractivity contribution in [1.82, 2.24) is 9.78 Å². The summed E-state index contributed by atoms with van der Waals surface area (Å²) in [4.78, 5) is 0. The fourth-order valence-electron chi connectivity index (χ4n) is 1.66. The maximum Gasteiger partial charge on any atom is 0.130 e. The first-order chi connectivity index (χ1) is 7.79. The van der Waals surface area contributed by atoms with E-state index in [0.717, 1.165) is 23.7 Å². The molecule has 0 aliphatic rings. The van der Waals surface area contributed by atoms with Gasteiger partial charge in [0.1, 0.15) is 12.4 Å². The van der Waals surface area contributed by atoms with Gasteiger partial charge in [0.2, 0.25) is 0 Å². The zero-order valence-electron chi connectivity index (χ0n) is 9.68. The molecule has 0 fully saturated rings. The van der Waals surface area contributed by atoms with Crippen molar-refractivity contribution < 1.29 is 4.74 Å². The molecule has 0 amide bonds. The molecule has 0 atom stereocenters. The summed E-state index contributed by atoms with van der Waals surface area (Å²) in [5.74, 6) is 0.893. The predicted octanol–water partition coefficient (Wildman–Crippen LogP) is 2.79. The van der Waals surface area contributed by atoms with Crippen LogP contribution in [0.3, 0.4) is 0 Å². The lowest BCUT2D eigenvalue weighted by Gasteiger charge is -2.07. The molecule has 0 radical (unpaired) electrons. The van der Waals surface area contributed by atoms with E-state index in [0.29, 0.717) is 6.61 Å². The SMILES string of the molecule is CCn1nc(C)cc1COc1ccccc1. The van der Waals surface area contributed by atoms with Gasteiger partial charge in [-0.15, -0.1) is 0 Å². The highest BCUT2D eigenvalue weighted by Crippen LogP contribution is 2.12. The van der Waals surface area contributed by atoms with Crippen molar-refractivity contribution in [3.63, 3.8) is 0 Å². The summed E-state index contributed by atoms with van der Waals surface area (Å²) in [5.41, 5.74) is 2.15. The Balaban J connectivity index is 2.04. The van der Waals surface area contributed by atoms with Crippen molar-refractivity contribution in [1.29, 1.82) is 0 Å². The van der Waals surface area contributed by atoms with Gasteiger partial charge in [-0.2, -0.15) is 5.10 Å². The molecule has 2 rings (SSSR count). The number of rotatable bonds is 4. The second-order valence-corrected chi connectivity index (χ2v) is 3.69. The predicted molar refractivity (Wildman–Crippen MR) is 63.4 cm³/mol. The summed E-state index contributed by atoms with van der Waals surface area (Å²) in [6.45, 7) is 5.52. The smallest absolute Gasteiger partial charge is 0.130 e. The lowest BCUT2D eigenvalue weighted by molar-refractivity contribution is 0.292. The average Bonchev–Trinajstić information content (AvgIpc) is 2.68. The van der Waals surface area contributed by atoms with E-state index in [4.69, 9.17) is 4.74 Å². The third kappa shape index (κ3) is 2.42. The Morgan fingerprint density at radius 3 is 2.69 bits per heavy atom. The molecule has 0 aliphatic heterocycles. The van der Waals surface area contributed by atoms with E-state index in [1.807, 2.05) is 41.9 Å². The van der Waals surface area contributed by atoms with Gasteiger partial charge < -0.3 is 4.74 Å². The van der Waals surface area contributed by atoms with Crippen molar-refractivity contribution in [3.8, 4) is 5.75 Å². The number of aryl methyl sites for hydroxylation is 2. The van der Waals surface area contributed by atoms with Crippen LogP contribution in [0.15, 0.2) is 36.4 Å². The van der Waals surface area contributed by atoms with Crippen molar-refractivity contribution in [3.05, 3.63) is 47.8 Å². The van der Waals surface area contributed by atoms with Crippen LogP contribution in [0.1, 0.15) is 18.3 Å². The standard InChI is InChI=1S/C13H16N2O/c1-3-15-12(9-11(2)14-15)10-16-13-7-5-4-6-8-13/h4-9H,3,10H2,1-2H3. The molecular weight excluding hydrogens is 200 g/mol. The number of hydrogen-bond donors (Lipinski definition) is 0. The fourth-order valence-corrected chi connectivity index (χ4v) is 1.66. The third-order valence-electron chi connectivity index (χ3n) is 2.41. The Hall–Kier alpha value is -1.77. The van der Waals surface area contributed by atoms with Crippen molar-refractivity contribution in [2.24, 2.45) is 0 Å². The van der Waals surface area contributed by atoms with Crippen LogP contribution in [-0.4, -0.2) is 9.78 Å². The van der Waals surface area contributed by atoms with Crippen LogP contribution >= 0.6 is 0 Å². The summed E-state index contributed by atoms with van der Waals surface area (Å²) in [5, 5.41) is 4.38. The van der Waals surface area contributed by atoms with Gasteiger partial charge >= 0.3 is 0 Å². The lowest BCUT2D eigenvalue weighted by atomic mass is 10.3. The highest BCUT2D eigenvalue weighted by Gasteiger charge is 2.04. The van der Waals surface area contributed by atoms with Gasteiger partial charge in [-0.1, -0.05) is 18.2 Å². The molecule has 0 bridgehead atoms. The second-order valence-electron chi connectivity index (χ2n) is 3.69. The molecule has 84 valence electrons. The molecule has 0 unspecified atom stereocenters. The van der Waals surface area contributed by atoms with Crippen molar-refractivity contribution in [2.45, 2.75) is 27.0 Å². The van der Waals surface area contributed by atoms with Gasteiger partial charge in [0.05, 0.1) is 11.4 Å². The normalized spacial score (nSPS) is 10.4. The molecule has 0 aliphatic carbocycles. The van der Waals surface area contributed by atoms with E-state index >= 15 is 0 Å². The van der Waals surface area contributed by atoms with E-state index in [2.05, 4.69) is 18.1 Å². The zero-order chi connectivity index (χ0) is 11.4. The van der Waals surface area contributed by atoms with Crippen LogP contribution in [0, 0.1) is 6.92 Å². The van der Waals surface area contributed by atoms with Gasteiger partial charge in [-0.05, 0) is 32.0 Å². The van der Waals surface area contributed by atoms with Crippen LogP contribution in [0.4, 0.5) is 0 Å². The maximum absolute atomic E-state index is 5.69. The minimum Gasteiger partial charge on any atom is -0.487 e. The summed E-state index contributed by atoms with van der Waals surface area (Å²) in [6, 6.07) is 11.9. The van der Waals surface area contributed by atoms with E-state index < -0.39 is 0 Å². The summed E-state index contributed by atoms with van der Waals surface area (Å²) in [7, 11) is 0. The highest BCUT2D eigenvalue weighted by atomic mass is 16.5. The minimum atomic E-state index is 0.568. The zero-order valence-corrected chi connectivity index (χ0v) is 9.68. The Labute approximate surface area is 95.7 Å². The number of aromatic nitrogens is 2. The van der Waals surface area contributed by atoms with Gasteiger partial charge in [-0.25, -0.2) is 0 Å². The first kappa shape index (κ1) is 10.7. The molecule has 1 aromatic heterocycles. The van der Waals surface area contributed by atoms with Gasteiger partial charge in [0.15, 0.2) is 0 Å². The molecule has 0 N–H and O–H groups in total. The molecule has 3 nitrogen and oxygen atoms in total. The van der Waals surface area contributed by atoms with Crippen LogP contribution in [-0.2, 0) is 13.2 Å². The minimum absolute atomic E-state index is 0.568. The highest BCUT2D eigenvalue weighted by molar-refractivity contribution is 5.21. The Morgan fingerprint density at radius 1 is 1.25 bits per heavy atom. The van der Waals surface area contributed by atoms with E-state index in [9.17, 15) is 0 Å². The number of para-hydroxylation sites is 1. The van der Waals surface area contributed by atoms with Crippen LogP contribution < -0.4 is 4.74 Å². The van der Waals surface area contributed by atoms with E-state index in [1.54, 1.807) is 0 Å². The number of ether oxygens (including phenoxy) is 1. The molecule has 1 heterocycles. The molecule has 0 spiro atoms. The lowest BCUT2D eigenvalue weighted by Crippen LogP contribution is -2.05. The van der Waals surface area contributed by atoms with E-state index in [1.165, 1.54) is 0 Å². The number of benzene rings is 1. The first-order valence-electron chi connectivity index (χ1n) is 5.50. The molecule has 0 saturated heterocycles. The van der Waals surface area contributed by atoms with Crippen LogP contribution in [0.5, 0.6) is 5.75 Å². The molecular formula is C13H16N2O. The third-order valence-corrected chi connectivity index (χ3v) is 2.41. The summed E-state index contributed by atoms with van der Waals surface area (Å²) in [6.07, 6.45) is 0. The van der Waals surface area contributed by atoms with Crippen LogP contribution in [0.25, 0.3) is 0 Å². The molecule has 2 aromatic rings. The topological polar surface area (TPSA) is 27.1 Å². The van der Waals surface area contributed by atoms with Gasteiger partial charge in [0, 0.05) is 6.54 Å². The largest absolute Gasteiger partial charge is 0.487 e. The number of hydrogen-bond acceptors (Lipinski definition) is 2. The van der Waals surface area contributed by atoms with Gasteiger partial charge in [0.25, 0.3) is 0 Å². The maximum atomic E-state index is 5.69. The molecule has 3 heteroatoms. The van der Waals surface area contributed by atoms with Crippen molar-refractivity contribution in [2.75, 3.05) is 0 Å². The fraction of sp³-hybridized carbons (Fsp3) is 0.308. The molecule has 1 aromatic carbocycles. The second kappa shape index (κ2) is 4.84. The Bertz CT molecular complexity index is 448. The summed E-state index contributed by atoms with van der Waals surface area (Å²) >= 11 is 0. The average molecular weight is 216 g/mol. The number of nitrogens with zero attached hydrogens (tertiary/aromatic N) is 2. The van der Waals surface area contributed by atoms with Crippen LogP contribution in [0.2, 0.25) is 0 Å². The Kier molecular flexibility index (Phi) is 3.25. The van der Waals surface area contributed by atoms with E-state index in [-0.39, 0.29) is 0 Å². The molecule has 0 saturated carbocycles. The molecule has 16 heavy (non-hydrogen) atoms. The Morgan fingerprint density at radius 2 is 2.00 bits per heavy atom.